The van der Waals surface area contributed by atoms with Crippen LogP contribution in [0.3, 0.4) is 0 Å². The predicted octanol–water partition coefficient (Wildman–Crippen LogP) is 1.27. The summed E-state index contributed by atoms with van der Waals surface area (Å²) >= 11 is 0. The van der Waals surface area contributed by atoms with E-state index in [2.05, 4.69) is 5.32 Å². The Kier molecular flexibility index (Phi) is 3.46. The molecule has 0 aromatic carbocycles. The van der Waals surface area contributed by atoms with E-state index in [0.717, 1.165) is 25.7 Å². The van der Waals surface area contributed by atoms with Gasteiger partial charge >= 0.3 is 0 Å². The minimum Gasteiger partial charge on any atom is -0.353 e. The van der Waals surface area contributed by atoms with E-state index in [9.17, 15) is 9.59 Å². The summed E-state index contributed by atoms with van der Waals surface area (Å²) in [6.07, 6.45) is 4.11. The fourth-order valence-corrected chi connectivity index (χ4v) is 2.05. The molecule has 13 heavy (non-hydrogen) atoms. The lowest BCUT2D eigenvalue weighted by Gasteiger charge is -2.29. The second kappa shape index (κ2) is 4.40. The van der Waals surface area contributed by atoms with E-state index in [1.807, 2.05) is 0 Å². The number of carbonyl (C=O) groups is 2. The molecule has 1 saturated carbocycles. The van der Waals surface area contributed by atoms with Gasteiger partial charge in [0.25, 0.3) is 0 Å². The third kappa shape index (κ3) is 2.83. The van der Waals surface area contributed by atoms with Crippen LogP contribution in [0.1, 0.15) is 39.5 Å². The second-order valence-corrected chi connectivity index (χ2v) is 3.81. The predicted molar refractivity (Wildman–Crippen MR) is 50.2 cm³/mol. The van der Waals surface area contributed by atoms with E-state index < -0.39 is 0 Å². The summed E-state index contributed by atoms with van der Waals surface area (Å²) in [5.74, 6) is 0.231. The molecule has 2 atom stereocenters. The first kappa shape index (κ1) is 10.2. The highest BCUT2D eigenvalue weighted by atomic mass is 16.1. The average Bonchev–Trinajstić information content (AvgIpc) is 2.03. The van der Waals surface area contributed by atoms with Gasteiger partial charge in [-0.25, -0.2) is 0 Å². The van der Waals surface area contributed by atoms with E-state index in [1.54, 1.807) is 6.92 Å². The van der Waals surface area contributed by atoms with Crippen LogP contribution >= 0.6 is 0 Å². The molecular formula is C10H17NO2. The quantitative estimate of drug-likeness (QED) is 0.700. The van der Waals surface area contributed by atoms with Crippen LogP contribution in [0.2, 0.25) is 0 Å². The molecule has 74 valence electrons. The molecule has 0 aliphatic heterocycles. The molecule has 1 fully saturated rings. The van der Waals surface area contributed by atoms with Crippen molar-refractivity contribution in [3.63, 3.8) is 0 Å². The first-order valence-electron chi connectivity index (χ1n) is 4.89. The molecular weight excluding hydrogens is 166 g/mol. The highest BCUT2D eigenvalue weighted by Crippen LogP contribution is 2.24. The molecule has 0 radical (unpaired) electrons. The van der Waals surface area contributed by atoms with E-state index in [1.165, 1.54) is 6.92 Å². The molecule has 1 aliphatic rings. The van der Waals surface area contributed by atoms with Crippen LogP contribution in [-0.2, 0) is 9.59 Å². The van der Waals surface area contributed by atoms with Gasteiger partial charge in [-0.05, 0) is 19.8 Å². The second-order valence-electron chi connectivity index (χ2n) is 3.81. The van der Waals surface area contributed by atoms with Crippen LogP contribution < -0.4 is 5.32 Å². The SMILES string of the molecule is CC(=O)N[C@@H]1CCCC[C@@H]1C(C)=O. The van der Waals surface area contributed by atoms with E-state index in [4.69, 9.17) is 0 Å². The third-order valence-corrected chi connectivity index (χ3v) is 2.68. The van der Waals surface area contributed by atoms with Crippen LogP contribution in [0.15, 0.2) is 0 Å². The topological polar surface area (TPSA) is 46.2 Å². The minimum atomic E-state index is -0.0295. The van der Waals surface area contributed by atoms with Gasteiger partial charge in [0, 0.05) is 18.9 Å². The molecule has 1 amide bonds. The largest absolute Gasteiger partial charge is 0.353 e. The molecule has 0 unspecified atom stereocenters. The Morgan fingerprint density at radius 2 is 1.77 bits per heavy atom. The number of carbonyl (C=O) groups excluding carboxylic acids is 2. The van der Waals surface area contributed by atoms with Gasteiger partial charge in [0.15, 0.2) is 0 Å². The summed E-state index contributed by atoms with van der Waals surface area (Å²) < 4.78 is 0. The first-order chi connectivity index (χ1) is 6.11. The zero-order chi connectivity index (χ0) is 9.84. The fourth-order valence-electron chi connectivity index (χ4n) is 2.05. The molecule has 3 nitrogen and oxygen atoms in total. The van der Waals surface area contributed by atoms with Gasteiger partial charge < -0.3 is 5.32 Å². The maximum atomic E-state index is 11.2. The third-order valence-electron chi connectivity index (χ3n) is 2.68. The Balaban J connectivity index is 2.56. The maximum Gasteiger partial charge on any atom is 0.217 e. The Morgan fingerprint density at radius 3 is 2.31 bits per heavy atom. The smallest absolute Gasteiger partial charge is 0.217 e. The highest BCUT2D eigenvalue weighted by molar-refractivity contribution is 5.80. The van der Waals surface area contributed by atoms with Crippen LogP contribution in [0.25, 0.3) is 0 Å². The lowest BCUT2D eigenvalue weighted by atomic mass is 9.82. The Labute approximate surface area is 78.9 Å². The van der Waals surface area contributed by atoms with Crippen LogP contribution in [0, 0.1) is 5.92 Å². The molecule has 0 heterocycles. The molecule has 1 aliphatic carbocycles. The van der Waals surface area contributed by atoms with Gasteiger partial charge in [-0.2, -0.15) is 0 Å². The monoisotopic (exact) mass is 183 g/mol. The molecule has 0 spiro atoms. The Morgan fingerprint density at radius 1 is 1.15 bits per heavy atom. The number of hydrogen-bond donors (Lipinski definition) is 1. The number of rotatable bonds is 2. The summed E-state index contributed by atoms with van der Waals surface area (Å²) in [5.41, 5.74) is 0. The van der Waals surface area contributed by atoms with Gasteiger partial charge in [0.1, 0.15) is 5.78 Å². The molecule has 0 bridgehead atoms. The number of nitrogens with one attached hydrogen (secondary N) is 1. The van der Waals surface area contributed by atoms with Crippen LogP contribution in [-0.4, -0.2) is 17.7 Å². The fraction of sp³-hybridized carbons (Fsp3) is 0.800. The Hall–Kier alpha value is -0.860. The molecule has 0 saturated heterocycles. The standard InChI is InChI=1S/C10H17NO2/c1-7(12)9-5-3-4-6-10(9)11-8(2)13/h9-10H,3-6H2,1-2H3,(H,11,13)/t9-,10-/m1/s1. The summed E-state index contributed by atoms with van der Waals surface area (Å²) in [6, 6.07) is 0.0868. The summed E-state index contributed by atoms with van der Waals surface area (Å²) in [6.45, 7) is 3.12. The van der Waals surface area contributed by atoms with Crippen molar-refractivity contribution >= 4 is 11.7 Å². The molecule has 0 aromatic rings. The van der Waals surface area contributed by atoms with Gasteiger partial charge in [0.2, 0.25) is 5.91 Å². The van der Waals surface area contributed by atoms with Crippen LogP contribution in [0.5, 0.6) is 0 Å². The molecule has 1 rings (SSSR count). The van der Waals surface area contributed by atoms with Gasteiger partial charge in [-0.1, -0.05) is 12.8 Å². The van der Waals surface area contributed by atoms with Crippen molar-refractivity contribution in [2.45, 2.75) is 45.6 Å². The zero-order valence-corrected chi connectivity index (χ0v) is 8.30. The van der Waals surface area contributed by atoms with Crippen molar-refractivity contribution in [3.05, 3.63) is 0 Å². The van der Waals surface area contributed by atoms with Crippen molar-refractivity contribution in [1.82, 2.24) is 5.32 Å². The normalized spacial score (nSPS) is 28.2. The average molecular weight is 183 g/mol. The number of hydrogen-bond acceptors (Lipinski definition) is 2. The van der Waals surface area contributed by atoms with Crippen molar-refractivity contribution in [1.29, 1.82) is 0 Å². The highest BCUT2D eigenvalue weighted by Gasteiger charge is 2.28. The summed E-state index contributed by atoms with van der Waals surface area (Å²) in [4.78, 5) is 22.1. The number of amides is 1. The molecule has 0 aromatic heterocycles. The lowest BCUT2D eigenvalue weighted by Crippen LogP contribution is -2.43. The minimum absolute atomic E-state index is 0.0295. The van der Waals surface area contributed by atoms with Gasteiger partial charge in [0.05, 0.1) is 0 Å². The zero-order valence-electron chi connectivity index (χ0n) is 8.30. The van der Waals surface area contributed by atoms with Crippen molar-refractivity contribution in [3.8, 4) is 0 Å². The molecule has 1 N–H and O–H groups in total. The number of ketones is 1. The van der Waals surface area contributed by atoms with E-state index >= 15 is 0 Å². The van der Waals surface area contributed by atoms with E-state index in [-0.39, 0.29) is 23.7 Å². The maximum absolute atomic E-state index is 11.2. The molecule has 3 heteroatoms. The first-order valence-corrected chi connectivity index (χ1v) is 4.89. The lowest BCUT2D eigenvalue weighted by molar-refractivity contribution is -0.124. The van der Waals surface area contributed by atoms with Crippen molar-refractivity contribution in [2.75, 3.05) is 0 Å². The van der Waals surface area contributed by atoms with E-state index in [0.29, 0.717) is 0 Å². The summed E-state index contributed by atoms with van der Waals surface area (Å²) in [7, 11) is 0. The summed E-state index contributed by atoms with van der Waals surface area (Å²) in [5, 5.41) is 2.85. The van der Waals surface area contributed by atoms with Crippen LogP contribution in [0.4, 0.5) is 0 Å². The van der Waals surface area contributed by atoms with Crippen molar-refractivity contribution < 1.29 is 9.59 Å². The Bertz CT molecular complexity index is 213. The van der Waals surface area contributed by atoms with Gasteiger partial charge in [-0.3, -0.25) is 9.59 Å². The van der Waals surface area contributed by atoms with Crippen molar-refractivity contribution in [2.24, 2.45) is 5.92 Å². The van der Waals surface area contributed by atoms with Gasteiger partial charge in [-0.15, -0.1) is 0 Å². The number of Topliss-reactive ketones (excluding diaryl/α,β-unsaturated/α-hetero) is 1.